The number of carbonyl (C=O) groups excluding carboxylic acids is 1. The SMILES string of the molecule is Cc1noc(C)c1S(=O)(=O)N1CCN(C(=O)CC(C)N)CC1. The molecule has 1 aromatic heterocycles. The molecule has 124 valence electrons. The van der Waals surface area contributed by atoms with Crippen molar-refractivity contribution in [3.63, 3.8) is 0 Å². The van der Waals surface area contributed by atoms with E-state index >= 15 is 0 Å². The molecule has 0 aromatic carbocycles. The van der Waals surface area contributed by atoms with E-state index in [-0.39, 0.29) is 42.1 Å². The van der Waals surface area contributed by atoms with Crippen molar-refractivity contribution in [2.24, 2.45) is 5.73 Å². The third-order valence-corrected chi connectivity index (χ3v) is 5.80. The summed E-state index contributed by atoms with van der Waals surface area (Å²) < 4.78 is 31.6. The number of piperazine rings is 1. The quantitative estimate of drug-likeness (QED) is 0.823. The van der Waals surface area contributed by atoms with Crippen molar-refractivity contribution >= 4 is 15.9 Å². The Morgan fingerprint density at radius 3 is 2.36 bits per heavy atom. The molecule has 0 spiro atoms. The second-order valence-corrected chi connectivity index (χ2v) is 7.49. The van der Waals surface area contributed by atoms with Crippen molar-refractivity contribution < 1.29 is 17.7 Å². The van der Waals surface area contributed by atoms with Crippen molar-refractivity contribution in [2.45, 2.75) is 38.1 Å². The number of hydrogen-bond acceptors (Lipinski definition) is 6. The highest BCUT2D eigenvalue weighted by molar-refractivity contribution is 7.89. The number of carbonyl (C=O) groups is 1. The summed E-state index contributed by atoms with van der Waals surface area (Å²) in [5, 5.41) is 3.69. The van der Waals surface area contributed by atoms with Gasteiger partial charge in [-0.25, -0.2) is 8.42 Å². The monoisotopic (exact) mass is 330 g/mol. The molecule has 0 aliphatic carbocycles. The number of aryl methyl sites for hydroxylation is 2. The molecule has 1 fully saturated rings. The largest absolute Gasteiger partial charge is 0.360 e. The maximum atomic E-state index is 12.6. The zero-order valence-corrected chi connectivity index (χ0v) is 13.9. The first-order chi connectivity index (χ1) is 10.2. The standard InChI is InChI=1S/C13H22N4O4S/c1-9(14)8-12(18)16-4-6-17(7-5-16)22(19,20)13-10(2)15-21-11(13)3/h9H,4-8,14H2,1-3H3. The predicted octanol–water partition coefficient (Wildman–Crippen LogP) is -0.138. The van der Waals surface area contributed by atoms with Crippen molar-refractivity contribution in [1.29, 1.82) is 0 Å². The number of sulfonamides is 1. The lowest BCUT2D eigenvalue weighted by atomic mass is 10.2. The van der Waals surface area contributed by atoms with Crippen molar-refractivity contribution in [1.82, 2.24) is 14.4 Å². The maximum absolute atomic E-state index is 12.6. The van der Waals surface area contributed by atoms with Gasteiger partial charge in [0.15, 0.2) is 5.76 Å². The number of nitrogens with zero attached hydrogens (tertiary/aromatic N) is 3. The van der Waals surface area contributed by atoms with Crippen LogP contribution in [0.2, 0.25) is 0 Å². The summed E-state index contributed by atoms with van der Waals surface area (Å²) in [6.45, 7) is 6.22. The van der Waals surface area contributed by atoms with Crippen LogP contribution in [0, 0.1) is 13.8 Å². The predicted molar refractivity (Wildman–Crippen MR) is 79.6 cm³/mol. The molecule has 1 saturated heterocycles. The number of aromatic nitrogens is 1. The van der Waals surface area contributed by atoms with E-state index in [9.17, 15) is 13.2 Å². The lowest BCUT2D eigenvalue weighted by Gasteiger charge is -2.34. The van der Waals surface area contributed by atoms with E-state index in [1.54, 1.807) is 25.7 Å². The maximum Gasteiger partial charge on any atom is 0.248 e. The van der Waals surface area contributed by atoms with E-state index < -0.39 is 10.0 Å². The molecule has 2 rings (SSSR count). The molecule has 1 aliphatic heterocycles. The lowest BCUT2D eigenvalue weighted by molar-refractivity contribution is -0.132. The van der Waals surface area contributed by atoms with Crippen LogP contribution in [0.1, 0.15) is 24.8 Å². The normalized spacial score (nSPS) is 18.5. The molecule has 1 aliphatic rings. The van der Waals surface area contributed by atoms with Crippen LogP contribution in [0.5, 0.6) is 0 Å². The van der Waals surface area contributed by atoms with Crippen LogP contribution in [0.25, 0.3) is 0 Å². The third kappa shape index (κ3) is 3.31. The Morgan fingerprint density at radius 2 is 1.91 bits per heavy atom. The van der Waals surface area contributed by atoms with Gasteiger partial charge in [-0.15, -0.1) is 0 Å². The average Bonchev–Trinajstić information content (AvgIpc) is 2.78. The van der Waals surface area contributed by atoms with Crippen LogP contribution in [-0.4, -0.2) is 60.9 Å². The first kappa shape index (κ1) is 16.9. The third-order valence-electron chi connectivity index (χ3n) is 3.65. The zero-order chi connectivity index (χ0) is 16.5. The number of nitrogens with two attached hydrogens (primary N) is 1. The van der Waals surface area contributed by atoms with Gasteiger partial charge in [-0.3, -0.25) is 4.79 Å². The Balaban J connectivity index is 2.07. The van der Waals surface area contributed by atoms with E-state index in [1.807, 2.05) is 0 Å². The van der Waals surface area contributed by atoms with E-state index in [1.165, 1.54) is 4.31 Å². The van der Waals surface area contributed by atoms with Crippen LogP contribution in [0.3, 0.4) is 0 Å². The molecule has 8 nitrogen and oxygen atoms in total. The first-order valence-corrected chi connectivity index (χ1v) is 8.64. The van der Waals surface area contributed by atoms with Gasteiger partial charge in [-0.05, 0) is 20.8 Å². The van der Waals surface area contributed by atoms with Gasteiger partial charge in [0, 0.05) is 38.6 Å². The smallest absolute Gasteiger partial charge is 0.248 e. The summed E-state index contributed by atoms with van der Waals surface area (Å²) in [6.07, 6.45) is 0.274. The molecule has 0 radical (unpaired) electrons. The molecular weight excluding hydrogens is 308 g/mol. The topological polar surface area (TPSA) is 110 Å². The second-order valence-electron chi connectivity index (χ2n) is 5.62. The van der Waals surface area contributed by atoms with Crippen LogP contribution in [0.15, 0.2) is 9.42 Å². The van der Waals surface area contributed by atoms with E-state index in [0.29, 0.717) is 18.8 Å². The highest BCUT2D eigenvalue weighted by Gasteiger charge is 2.34. The Labute approximate surface area is 130 Å². The highest BCUT2D eigenvalue weighted by Crippen LogP contribution is 2.24. The van der Waals surface area contributed by atoms with Crippen molar-refractivity contribution in [2.75, 3.05) is 26.2 Å². The van der Waals surface area contributed by atoms with Crippen molar-refractivity contribution in [3.05, 3.63) is 11.5 Å². The van der Waals surface area contributed by atoms with Gasteiger partial charge < -0.3 is 15.2 Å². The Bertz CT molecular complexity index is 625. The summed E-state index contributed by atoms with van der Waals surface area (Å²) in [6, 6.07) is -0.198. The average molecular weight is 330 g/mol. The fraction of sp³-hybridized carbons (Fsp3) is 0.692. The summed E-state index contributed by atoms with van der Waals surface area (Å²) in [5.74, 6) is 0.248. The fourth-order valence-corrected chi connectivity index (χ4v) is 4.27. The molecule has 0 bridgehead atoms. The van der Waals surface area contributed by atoms with E-state index in [4.69, 9.17) is 10.3 Å². The van der Waals surface area contributed by atoms with Gasteiger partial charge in [0.25, 0.3) is 0 Å². The minimum absolute atomic E-state index is 0.0376. The Kier molecular flexibility index (Phi) is 4.88. The lowest BCUT2D eigenvalue weighted by Crippen LogP contribution is -2.51. The minimum Gasteiger partial charge on any atom is -0.360 e. The molecule has 0 saturated carbocycles. The molecule has 2 N–H and O–H groups in total. The number of rotatable bonds is 4. The minimum atomic E-state index is -3.64. The highest BCUT2D eigenvalue weighted by atomic mass is 32.2. The van der Waals surface area contributed by atoms with Crippen LogP contribution in [0.4, 0.5) is 0 Å². The summed E-state index contributed by atoms with van der Waals surface area (Å²) in [7, 11) is -3.64. The van der Waals surface area contributed by atoms with Crippen LogP contribution in [-0.2, 0) is 14.8 Å². The van der Waals surface area contributed by atoms with Gasteiger partial charge in [0.05, 0.1) is 0 Å². The molecule has 1 aromatic rings. The number of amides is 1. The van der Waals surface area contributed by atoms with Gasteiger partial charge >= 0.3 is 0 Å². The Hall–Kier alpha value is -1.45. The summed E-state index contributed by atoms with van der Waals surface area (Å²) in [4.78, 5) is 13.7. The molecule has 1 atom stereocenters. The second kappa shape index (κ2) is 6.35. The fourth-order valence-electron chi connectivity index (χ4n) is 2.55. The summed E-state index contributed by atoms with van der Waals surface area (Å²) in [5.41, 5.74) is 5.98. The van der Waals surface area contributed by atoms with E-state index in [0.717, 1.165) is 0 Å². The van der Waals surface area contributed by atoms with Crippen LogP contribution < -0.4 is 5.73 Å². The molecule has 2 heterocycles. The number of hydrogen-bond donors (Lipinski definition) is 1. The van der Waals surface area contributed by atoms with Gasteiger partial charge in [0.2, 0.25) is 15.9 Å². The Morgan fingerprint density at radius 1 is 1.32 bits per heavy atom. The molecule has 1 amide bonds. The van der Waals surface area contributed by atoms with Gasteiger partial charge in [-0.1, -0.05) is 5.16 Å². The first-order valence-electron chi connectivity index (χ1n) is 7.20. The van der Waals surface area contributed by atoms with Gasteiger partial charge in [-0.2, -0.15) is 4.31 Å². The van der Waals surface area contributed by atoms with E-state index in [2.05, 4.69) is 5.16 Å². The van der Waals surface area contributed by atoms with Crippen LogP contribution >= 0.6 is 0 Å². The molecule has 22 heavy (non-hydrogen) atoms. The zero-order valence-electron chi connectivity index (χ0n) is 13.1. The van der Waals surface area contributed by atoms with Gasteiger partial charge in [0.1, 0.15) is 10.6 Å². The molecular formula is C13H22N4O4S. The van der Waals surface area contributed by atoms with Crippen molar-refractivity contribution in [3.8, 4) is 0 Å². The summed E-state index contributed by atoms with van der Waals surface area (Å²) >= 11 is 0. The molecule has 1 unspecified atom stereocenters. The molecule has 9 heteroatoms.